The summed E-state index contributed by atoms with van der Waals surface area (Å²) in [6, 6.07) is 7.49. The van der Waals surface area contributed by atoms with Crippen molar-refractivity contribution in [1.29, 1.82) is 0 Å². The molecule has 2 aromatic rings. The highest BCUT2D eigenvalue weighted by molar-refractivity contribution is 9.10. The standard InChI is InChI=1S/C14H13BrF3NO/c1-2-19-8-10-4-6-13(20-10)9-3-5-12(15)11(7-9)14(16,17)18/h3-7,19H,2,8H2,1H3. The Labute approximate surface area is 123 Å². The lowest BCUT2D eigenvalue weighted by atomic mass is 10.1. The Morgan fingerprint density at radius 2 is 1.95 bits per heavy atom. The lowest BCUT2D eigenvalue weighted by Crippen LogP contribution is -2.10. The number of halogens is 4. The summed E-state index contributed by atoms with van der Waals surface area (Å²) in [5, 5.41) is 3.09. The Morgan fingerprint density at radius 1 is 1.20 bits per heavy atom. The highest BCUT2D eigenvalue weighted by Crippen LogP contribution is 2.37. The number of hydrogen-bond acceptors (Lipinski definition) is 2. The molecule has 0 amide bonds. The topological polar surface area (TPSA) is 25.2 Å². The maximum Gasteiger partial charge on any atom is 0.417 e. The molecule has 0 aliphatic heterocycles. The van der Waals surface area contributed by atoms with Crippen LogP contribution in [0, 0.1) is 0 Å². The molecule has 0 atom stereocenters. The third-order valence-corrected chi connectivity index (χ3v) is 3.46. The van der Waals surface area contributed by atoms with E-state index in [4.69, 9.17) is 4.42 Å². The van der Waals surface area contributed by atoms with Crippen LogP contribution in [0.1, 0.15) is 18.2 Å². The van der Waals surface area contributed by atoms with Crippen LogP contribution in [0.5, 0.6) is 0 Å². The average molecular weight is 348 g/mol. The van der Waals surface area contributed by atoms with Gasteiger partial charge in [-0.25, -0.2) is 0 Å². The van der Waals surface area contributed by atoms with E-state index in [0.717, 1.165) is 12.6 Å². The summed E-state index contributed by atoms with van der Waals surface area (Å²) in [6.45, 7) is 3.32. The van der Waals surface area contributed by atoms with Gasteiger partial charge in [-0.3, -0.25) is 0 Å². The molecule has 0 fully saturated rings. The Morgan fingerprint density at radius 3 is 2.60 bits per heavy atom. The van der Waals surface area contributed by atoms with Crippen LogP contribution in [0.25, 0.3) is 11.3 Å². The van der Waals surface area contributed by atoms with Crippen molar-refractivity contribution in [3.8, 4) is 11.3 Å². The van der Waals surface area contributed by atoms with E-state index in [1.807, 2.05) is 6.92 Å². The van der Waals surface area contributed by atoms with Crippen LogP contribution in [-0.4, -0.2) is 6.54 Å². The quantitative estimate of drug-likeness (QED) is 0.856. The van der Waals surface area contributed by atoms with Gasteiger partial charge in [0.25, 0.3) is 0 Å². The SMILES string of the molecule is CCNCc1ccc(-c2ccc(Br)c(C(F)(F)F)c2)o1. The molecule has 0 unspecified atom stereocenters. The minimum atomic E-state index is -4.39. The molecule has 1 aromatic carbocycles. The van der Waals surface area contributed by atoms with Crippen LogP contribution in [0.15, 0.2) is 39.2 Å². The van der Waals surface area contributed by atoms with Crippen molar-refractivity contribution in [1.82, 2.24) is 5.32 Å². The van der Waals surface area contributed by atoms with E-state index in [-0.39, 0.29) is 4.47 Å². The molecular formula is C14H13BrF3NO. The molecule has 2 nitrogen and oxygen atoms in total. The molecule has 1 heterocycles. The van der Waals surface area contributed by atoms with Crippen LogP contribution in [0.3, 0.4) is 0 Å². The molecule has 0 saturated carbocycles. The monoisotopic (exact) mass is 347 g/mol. The van der Waals surface area contributed by atoms with Gasteiger partial charge >= 0.3 is 6.18 Å². The first-order valence-corrected chi connectivity index (χ1v) is 6.87. The molecule has 1 aromatic heterocycles. The highest BCUT2D eigenvalue weighted by atomic mass is 79.9. The molecular weight excluding hydrogens is 335 g/mol. The normalized spacial score (nSPS) is 11.8. The Balaban J connectivity index is 2.31. The number of alkyl halides is 3. The Kier molecular flexibility index (Phi) is 4.55. The summed E-state index contributed by atoms with van der Waals surface area (Å²) in [5.41, 5.74) is -0.303. The van der Waals surface area contributed by atoms with Gasteiger partial charge in [0.2, 0.25) is 0 Å². The molecule has 0 spiro atoms. The van der Waals surface area contributed by atoms with E-state index in [1.54, 1.807) is 18.2 Å². The first kappa shape index (κ1) is 15.1. The van der Waals surface area contributed by atoms with Gasteiger partial charge < -0.3 is 9.73 Å². The lowest BCUT2D eigenvalue weighted by molar-refractivity contribution is -0.138. The molecule has 0 aliphatic carbocycles. The smallest absolute Gasteiger partial charge is 0.417 e. The van der Waals surface area contributed by atoms with Crippen LogP contribution < -0.4 is 5.32 Å². The predicted octanol–water partition coefficient (Wildman–Crippen LogP) is 4.84. The predicted molar refractivity (Wildman–Crippen MR) is 74.2 cm³/mol. The van der Waals surface area contributed by atoms with Crippen molar-refractivity contribution in [2.45, 2.75) is 19.6 Å². The zero-order valence-electron chi connectivity index (χ0n) is 10.7. The maximum absolute atomic E-state index is 12.8. The zero-order valence-corrected chi connectivity index (χ0v) is 12.3. The van der Waals surface area contributed by atoms with Crippen molar-refractivity contribution in [3.05, 3.63) is 46.1 Å². The summed E-state index contributed by atoms with van der Waals surface area (Å²) in [4.78, 5) is 0. The molecule has 6 heteroatoms. The van der Waals surface area contributed by atoms with Crippen molar-refractivity contribution in [3.63, 3.8) is 0 Å². The van der Waals surface area contributed by atoms with Crippen LogP contribution in [0.2, 0.25) is 0 Å². The van der Waals surface area contributed by atoms with E-state index < -0.39 is 11.7 Å². The van der Waals surface area contributed by atoms with Gasteiger partial charge in [-0.2, -0.15) is 13.2 Å². The van der Waals surface area contributed by atoms with Crippen LogP contribution >= 0.6 is 15.9 Å². The Bertz CT molecular complexity index is 592. The fourth-order valence-electron chi connectivity index (χ4n) is 1.77. The Hall–Kier alpha value is -1.27. The summed E-state index contributed by atoms with van der Waals surface area (Å²) in [5.74, 6) is 1.12. The van der Waals surface area contributed by atoms with E-state index >= 15 is 0 Å². The van der Waals surface area contributed by atoms with Gasteiger partial charge in [0.1, 0.15) is 11.5 Å². The van der Waals surface area contributed by atoms with Gasteiger partial charge in [0.15, 0.2) is 0 Å². The molecule has 0 saturated heterocycles. The minimum absolute atomic E-state index is 0.0215. The number of rotatable bonds is 4. The summed E-state index contributed by atoms with van der Waals surface area (Å²) in [7, 11) is 0. The summed E-state index contributed by atoms with van der Waals surface area (Å²) in [6.07, 6.45) is -4.39. The fraction of sp³-hybridized carbons (Fsp3) is 0.286. The largest absolute Gasteiger partial charge is 0.460 e. The van der Waals surface area contributed by atoms with Gasteiger partial charge in [-0.1, -0.05) is 28.9 Å². The van der Waals surface area contributed by atoms with Gasteiger partial charge in [-0.05, 0) is 30.8 Å². The number of nitrogens with one attached hydrogen (secondary N) is 1. The first-order chi connectivity index (χ1) is 9.41. The first-order valence-electron chi connectivity index (χ1n) is 6.08. The van der Waals surface area contributed by atoms with Crippen molar-refractivity contribution < 1.29 is 17.6 Å². The summed E-state index contributed by atoms with van der Waals surface area (Å²) >= 11 is 2.92. The molecule has 0 bridgehead atoms. The van der Waals surface area contributed by atoms with Gasteiger partial charge in [0, 0.05) is 10.0 Å². The minimum Gasteiger partial charge on any atom is -0.460 e. The number of hydrogen-bond donors (Lipinski definition) is 1. The molecule has 20 heavy (non-hydrogen) atoms. The fourth-order valence-corrected chi connectivity index (χ4v) is 2.24. The summed E-state index contributed by atoms with van der Waals surface area (Å²) < 4.78 is 44.1. The second-order valence-electron chi connectivity index (χ2n) is 4.24. The van der Waals surface area contributed by atoms with E-state index in [0.29, 0.717) is 23.6 Å². The van der Waals surface area contributed by atoms with Crippen LogP contribution in [-0.2, 0) is 12.7 Å². The van der Waals surface area contributed by atoms with Crippen molar-refractivity contribution >= 4 is 15.9 Å². The van der Waals surface area contributed by atoms with Crippen molar-refractivity contribution in [2.75, 3.05) is 6.54 Å². The van der Waals surface area contributed by atoms with E-state index in [2.05, 4.69) is 21.2 Å². The van der Waals surface area contributed by atoms with E-state index in [1.165, 1.54) is 6.07 Å². The third kappa shape index (κ3) is 3.43. The van der Waals surface area contributed by atoms with E-state index in [9.17, 15) is 13.2 Å². The highest BCUT2D eigenvalue weighted by Gasteiger charge is 2.33. The molecule has 108 valence electrons. The second kappa shape index (κ2) is 6.01. The number of furan rings is 1. The van der Waals surface area contributed by atoms with Gasteiger partial charge in [-0.15, -0.1) is 0 Å². The number of benzene rings is 1. The molecule has 2 rings (SSSR count). The second-order valence-corrected chi connectivity index (χ2v) is 5.09. The van der Waals surface area contributed by atoms with Gasteiger partial charge in [0.05, 0.1) is 12.1 Å². The third-order valence-electron chi connectivity index (χ3n) is 2.77. The zero-order chi connectivity index (χ0) is 14.8. The lowest BCUT2D eigenvalue weighted by Gasteiger charge is -2.10. The van der Waals surface area contributed by atoms with Crippen molar-refractivity contribution in [2.24, 2.45) is 0 Å². The molecule has 1 N–H and O–H groups in total. The maximum atomic E-state index is 12.8. The van der Waals surface area contributed by atoms with Crippen LogP contribution in [0.4, 0.5) is 13.2 Å². The average Bonchev–Trinajstić information content (AvgIpc) is 2.84. The molecule has 0 radical (unpaired) electrons. The molecule has 0 aliphatic rings.